The highest BCUT2D eigenvalue weighted by molar-refractivity contribution is 6.31. The maximum absolute atomic E-state index is 12.8. The van der Waals surface area contributed by atoms with E-state index in [-0.39, 0.29) is 23.4 Å². The van der Waals surface area contributed by atoms with Crippen molar-refractivity contribution in [3.63, 3.8) is 0 Å². The van der Waals surface area contributed by atoms with Crippen molar-refractivity contribution in [2.45, 2.75) is 6.61 Å². The molecule has 8 nitrogen and oxygen atoms in total. The van der Waals surface area contributed by atoms with Gasteiger partial charge in [-0.3, -0.25) is 25.1 Å². The van der Waals surface area contributed by atoms with Crippen LogP contribution in [0.1, 0.15) is 11.1 Å². The van der Waals surface area contributed by atoms with Gasteiger partial charge in [-0.25, -0.2) is 5.01 Å². The maximum Gasteiger partial charge on any atom is 0.282 e. The number of non-ortho nitro benzene ring substituents is 1. The molecule has 154 valence electrons. The number of carbonyl (C=O) groups excluding carboxylic acids is 2. The molecule has 3 aromatic carbocycles. The third-order valence-corrected chi connectivity index (χ3v) is 4.65. The number of amides is 2. The Kier molecular flexibility index (Phi) is 5.44. The molecule has 0 saturated carbocycles. The van der Waals surface area contributed by atoms with Crippen molar-refractivity contribution in [1.82, 2.24) is 5.43 Å². The summed E-state index contributed by atoms with van der Waals surface area (Å²) in [7, 11) is 0. The first kappa shape index (κ1) is 19.8. The Balaban J connectivity index is 1.67. The molecule has 3 aromatic rings. The van der Waals surface area contributed by atoms with Crippen LogP contribution in [0.5, 0.6) is 5.75 Å². The van der Waals surface area contributed by atoms with Gasteiger partial charge in [0.05, 0.1) is 10.6 Å². The summed E-state index contributed by atoms with van der Waals surface area (Å²) in [5, 5.41) is 12.4. The van der Waals surface area contributed by atoms with E-state index in [1.54, 1.807) is 30.3 Å². The van der Waals surface area contributed by atoms with Gasteiger partial charge in [0.1, 0.15) is 17.9 Å². The lowest BCUT2D eigenvalue weighted by Crippen LogP contribution is -2.35. The van der Waals surface area contributed by atoms with Gasteiger partial charge in [-0.2, -0.15) is 0 Å². The molecule has 0 aliphatic carbocycles. The average Bonchev–Trinajstić information content (AvgIpc) is 3.07. The van der Waals surface area contributed by atoms with E-state index in [1.807, 2.05) is 30.3 Å². The second-order valence-electron chi connectivity index (χ2n) is 6.73. The molecule has 1 heterocycles. The fourth-order valence-electron chi connectivity index (χ4n) is 3.10. The molecule has 1 fully saturated rings. The molecule has 0 aromatic heterocycles. The summed E-state index contributed by atoms with van der Waals surface area (Å²) in [5.74, 6) is -0.841. The Labute approximate surface area is 177 Å². The van der Waals surface area contributed by atoms with Crippen LogP contribution in [0.15, 0.2) is 84.4 Å². The van der Waals surface area contributed by atoms with Gasteiger partial charge in [-0.05, 0) is 29.8 Å². The number of nitro groups is 1. The molecule has 0 radical (unpaired) electrons. The molecule has 1 aliphatic rings. The number of para-hydroxylation sites is 1. The maximum atomic E-state index is 12.8. The van der Waals surface area contributed by atoms with Gasteiger partial charge in [0.25, 0.3) is 17.5 Å². The lowest BCUT2D eigenvalue weighted by atomic mass is 10.1. The highest BCUT2D eigenvalue weighted by Gasteiger charge is 2.34. The second-order valence-corrected chi connectivity index (χ2v) is 6.73. The van der Waals surface area contributed by atoms with Crippen molar-refractivity contribution in [1.29, 1.82) is 0 Å². The van der Waals surface area contributed by atoms with Crippen LogP contribution in [0.3, 0.4) is 0 Å². The highest BCUT2D eigenvalue weighted by atomic mass is 16.6. The molecular formula is C23H17N3O5. The van der Waals surface area contributed by atoms with Crippen LogP contribution in [0.25, 0.3) is 6.08 Å². The van der Waals surface area contributed by atoms with Crippen LogP contribution in [0.2, 0.25) is 0 Å². The molecule has 0 spiro atoms. The van der Waals surface area contributed by atoms with Crippen molar-refractivity contribution < 1.29 is 19.2 Å². The number of ether oxygens (including phenoxy) is 1. The van der Waals surface area contributed by atoms with Crippen molar-refractivity contribution in [3.8, 4) is 5.75 Å². The fourth-order valence-corrected chi connectivity index (χ4v) is 3.10. The molecule has 1 N–H and O–H groups in total. The van der Waals surface area contributed by atoms with Crippen LogP contribution in [0, 0.1) is 10.1 Å². The Hall–Kier alpha value is -4.46. The van der Waals surface area contributed by atoms with Crippen molar-refractivity contribution in [2.75, 3.05) is 5.01 Å². The number of carbonyl (C=O) groups is 2. The number of hydrogen-bond donors (Lipinski definition) is 1. The van der Waals surface area contributed by atoms with Crippen LogP contribution in [0.4, 0.5) is 11.4 Å². The van der Waals surface area contributed by atoms with Crippen LogP contribution < -0.4 is 15.2 Å². The fraction of sp³-hybridized carbons (Fsp3) is 0.0435. The Morgan fingerprint density at radius 2 is 1.65 bits per heavy atom. The molecule has 4 rings (SSSR count). The minimum Gasteiger partial charge on any atom is -0.488 e. The van der Waals surface area contributed by atoms with Gasteiger partial charge >= 0.3 is 0 Å². The number of nitro benzene ring substituents is 1. The first-order chi connectivity index (χ1) is 15.0. The highest BCUT2D eigenvalue weighted by Crippen LogP contribution is 2.29. The van der Waals surface area contributed by atoms with Crippen molar-refractivity contribution in [3.05, 3.63) is 106 Å². The molecule has 2 amide bonds. The SMILES string of the molecule is O=C1NN(c2ccccc2)C(=O)/C1=C\c1cc([N+](=O)[O-])ccc1OCc1ccccc1. The minimum absolute atomic E-state index is 0.145. The molecule has 0 unspecified atom stereocenters. The third-order valence-electron chi connectivity index (χ3n) is 4.65. The van der Waals surface area contributed by atoms with E-state index in [9.17, 15) is 19.7 Å². The quantitative estimate of drug-likeness (QED) is 0.287. The van der Waals surface area contributed by atoms with E-state index in [0.717, 1.165) is 10.6 Å². The molecule has 0 atom stereocenters. The molecule has 1 aliphatic heterocycles. The summed E-state index contributed by atoms with van der Waals surface area (Å²) in [6.07, 6.45) is 1.31. The lowest BCUT2D eigenvalue weighted by molar-refractivity contribution is -0.384. The van der Waals surface area contributed by atoms with Gasteiger partial charge in [-0.15, -0.1) is 0 Å². The van der Waals surface area contributed by atoms with Gasteiger partial charge in [0.15, 0.2) is 0 Å². The van der Waals surface area contributed by atoms with Gasteiger partial charge < -0.3 is 4.74 Å². The zero-order chi connectivity index (χ0) is 21.8. The number of benzene rings is 3. The van der Waals surface area contributed by atoms with Gasteiger partial charge in [0, 0.05) is 17.7 Å². The zero-order valence-corrected chi connectivity index (χ0v) is 16.2. The predicted octanol–water partition coefficient (Wildman–Crippen LogP) is 3.64. The van der Waals surface area contributed by atoms with E-state index in [4.69, 9.17) is 4.74 Å². The summed E-state index contributed by atoms with van der Waals surface area (Å²) in [6.45, 7) is 0.227. The standard InChI is InChI=1S/C23H17N3O5/c27-22-20(23(28)25(24-22)18-9-5-2-6-10-18)14-17-13-19(26(29)30)11-12-21(17)31-15-16-7-3-1-4-8-16/h1-14H,15H2,(H,24,27)/b20-14-. The molecule has 8 heteroatoms. The number of hydrogen-bond acceptors (Lipinski definition) is 5. The lowest BCUT2D eigenvalue weighted by Gasteiger charge is -2.14. The summed E-state index contributed by atoms with van der Waals surface area (Å²) in [4.78, 5) is 36.0. The van der Waals surface area contributed by atoms with E-state index in [1.165, 1.54) is 24.3 Å². The van der Waals surface area contributed by atoms with E-state index >= 15 is 0 Å². The Morgan fingerprint density at radius 3 is 2.32 bits per heavy atom. The van der Waals surface area contributed by atoms with Gasteiger partial charge in [0.2, 0.25) is 0 Å². The Bertz CT molecular complexity index is 1180. The van der Waals surface area contributed by atoms with Gasteiger partial charge in [-0.1, -0.05) is 48.5 Å². The summed E-state index contributed by atoms with van der Waals surface area (Å²) in [5.41, 5.74) is 3.86. The average molecular weight is 415 g/mol. The monoisotopic (exact) mass is 415 g/mol. The second kappa shape index (κ2) is 8.50. The zero-order valence-electron chi connectivity index (χ0n) is 16.2. The minimum atomic E-state index is -0.602. The van der Waals surface area contributed by atoms with E-state index < -0.39 is 16.7 Å². The molecule has 31 heavy (non-hydrogen) atoms. The number of hydrazine groups is 1. The molecule has 1 saturated heterocycles. The smallest absolute Gasteiger partial charge is 0.282 e. The normalized spacial score (nSPS) is 14.6. The summed E-state index contributed by atoms with van der Waals surface area (Å²) < 4.78 is 5.83. The number of nitrogens with one attached hydrogen (secondary N) is 1. The Morgan fingerprint density at radius 1 is 0.968 bits per heavy atom. The first-order valence-corrected chi connectivity index (χ1v) is 9.40. The number of nitrogens with zero attached hydrogens (tertiary/aromatic N) is 2. The van der Waals surface area contributed by atoms with E-state index in [2.05, 4.69) is 5.43 Å². The molecular weight excluding hydrogens is 398 g/mol. The van der Waals surface area contributed by atoms with Crippen LogP contribution >= 0.6 is 0 Å². The topological polar surface area (TPSA) is 102 Å². The first-order valence-electron chi connectivity index (χ1n) is 9.40. The van der Waals surface area contributed by atoms with Crippen molar-refractivity contribution >= 4 is 29.3 Å². The summed E-state index contributed by atoms with van der Waals surface area (Å²) in [6, 6.07) is 22.1. The predicted molar refractivity (Wildman–Crippen MR) is 114 cm³/mol. The molecule has 0 bridgehead atoms. The number of anilines is 1. The van der Waals surface area contributed by atoms with Crippen LogP contribution in [-0.2, 0) is 16.2 Å². The van der Waals surface area contributed by atoms with E-state index in [0.29, 0.717) is 11.4 Å². The largest absolute Gasteiger partial charge is 0.488 e. The van der Waals surface area contributed by atoms with Crippen molar-refractivity contribution in [2.24, 2.45) is 0 Å². The third kappa shape index (κ3) is 4.27. The summed E-state index contributed by atoms with van der Waals surface area (Å²) >= 11 is 0. The van der Waals surface area contributed by atoms with Crippen LogP contribution in [-0.4, -0.2) is 16.7 Å². The number of rotatable bonds is 6.